The van der Waals surface area contributed by atoms with Gasteiger partial charge in [0.1, 0.15) is 0 Å². The number of nitrogens with zero attached hydrogens (tertiary/aromatic N) is 4. The molecule has 0 spiro atoms. The van der Waals surface area contributed by atoms with Gasteiger partial charge in [0.05, 0.1) is 0 Å². The second kappa shape index (κ2) is 12.1. The van der Waals surface area contributed by atoms with E-state index in [1.165, 1.54) is 11.4 Å². The molecule has 0 aromatic carbocycles. The number of hydrogen-bond donors (Lipinski definition) is 0. The first-order valence-electron chi connectivity index (χ1n) is 8.45. The first-order chi connectivity index (χ1) is 11.2. The predicted molar refractivity (Wildman–Crippen MR) is 100.0 cm³/mol. The Hall–Kier alpha value is -0.462. The number of halogens is 4. The van der Waals surface area contributed by atoms with Crippen LogP contribution >= 0.6 is 0 Å². The van der Waals surface area contributed by atoms with E-state index in [1.807, 2.05) is 0 Å². The molecular weight excluding hydrogens is 394 g/mol. The zero-order chi connectivity index (χ0) is 19.7. The molecule has 0 fully saturated rings. The SMILES string of the molecule is CC1=NCC[N-]C(C)(C)CC(C)=NCC[N-]C(C)(C)C1.F[B-](F)(F)F.[Ni]. The Morgan fingerprint density at radius 2 is 1.04 bits per heavy atom. The smallest absolute Gasteiger partial charge is 0.655 e. The minimum atomic E-state index is -6.00. The zero-order valence-corrected chi connectivity index (χ0v) is 17.4. The minimum Gasteiger partial charge on any atom is -0.655 e. The van der Waals surface area contributed by atoms with Crippen LogP contribution in [0.1, 0.15) is 54.4 Å². The molecule has 0 saturated carbocycles. The summed E-state index contributed by atoms with van der Waals surface area (Å²) in [5.41, 5.74) is 2.25. The molecule has 158 valence electrons. The van der Waals surface area contributed by atoms with Crippen LogP contribution in [0, 0.1) is 0 Å². The van der Waals surface area contributed by atoms with Gasteiger partial charge in [-0.3, -0.25) is 9.98 Å². The molecule has 10 heteroatoms. The van der Waals surface area contributed by atoms with Crippen LogP contribution < -0.4 is 0 Å². The van der Waals surface area contributed by atoms with Crippen molar-refractivity contribution < 1.29 is 33.8 Å². The second-order valence-electron chi connectivity index (χ2n) is 7.47. The summed E-state index contributed by atoms with van der Waals surface area (Å²) >= 11 is 0. The Kier molecular flexibility index (Phi) is 12.9. The molecule has 4 nitrogen and oxygen atoms in total. The maximum atomic E-state index is 9.75. The molecule has 1 rings (SSSR count). The summed E-state index contributed by atoms with van der Waals surface area (Å²) in [6.45, 7) is 16.0. The van der Waals surface area contributed by atoms with Gasteiger partial charge in [-0.1, -0.05) is 27.7 Å². The Morgan fingerprint density at radius 1 is 0.769 bits per heavy atom. The average molecular weight is 424 g/mol. The molecule has 1 heterocycles. The van der Waals surface area contributed by atoms with Crippen molar-refractivity contribution in [3.63, 3.8) is 0 Å². The van der Waals surface area contributed by atoms with Gasteiger partial charge in [0.15, 0.2) is 0 Å². The zero-order valence-electron chi connectivity index (χ0n) is 16.4. The number of aliphatic imine (C=N–C) groups is 2. The number of hydrogen-bond acceptors (Lipinski definition) is 2. The van der Waals surface area contributed by atoms with Crippen LogP contribution in [0.2, 0.25) is 0 Å². The van der Waals surface area contributed by atoms with Crippen LogP contribution in [0.4, 0.5) is 17.3 Å². The van der Waals surface area contributed by atoms with Crippen molar-refractivity contribution >= 4 is 18.7 Å². The van der Waals surface area contributed by atoms with E-state index in [2.05, 4.69) is 51.5 Å². The summed E-state index contributed by atoms with van der Waals surface area (Å²) in [6.07, 6.45) is 1.83. The molecule has 0 aliphatic carbocycles. The van der Waals surface area contributed by atoms with E-state index < -0.39 is 7.25 Å². The van der Waals surface area contributed by atoms with Crippen LogP contribution in [0.15, 0.2) is 9.98 Å². The first-order valence-corrected chi connectivity index (χ1v) is 8.45. The fourth-order valence-electron chi connectivity index (χ4n) is 2.66. The molecule has 1 aliphatic rings. The van der Waals surface area contributed by atoms with Crippen molar-refractivity contribution in [2.24, 2.45) is 9.98 Å². The van der Waals surface area contributed by atoms with Crippen LogP contribution in [0.3, 0.4) is 0 Å². The van der Waals surface area contributed by atoms with Gasteiger partial charge in [0.2, 0.25) is 0 Å². The third-order valence-electron chi connectivity index (χ3n) is 3.42. The summed E-state index contributed by atoms with van der Waals surface area (Å²) in [4.78, 5) is 9.25. The third kappa shape index (κ3) is 18.3. The van der Waals surface area contributed by atoms with Crippen LogP contribution in [0.5, 0.6) is 0 Å². The van der Waals surface area contributed by atoms with Crippen LogP contribution in [0.25, 0.3) is 10.6 Å². The molecule has 1 aliphatic heterocycles. The van der Waals surface area contributed by atoms with E-state index in [0.717, 1.165) is 39.0 Å². The summed E-state index contributed by atoms with van der Waals surface area (Å²) in [6, 6.07) is 0. The molecule has 0 aromatic heterocycles. The molecule has 0 aromatic rings. The summed E-state index contributed by atoms with van der Waals surface area (Å²) in [5.74, 6) is 0. The Bertz CT molecular complexity index is 424. The quantitative estimate of drug-likeness (QED) is 0.375. The van der Waals surface area contributed by atoms with Gasteiger partial charge in [-0.2, -0.15) is 0 Å². The molecule has 0 radical (unpaired) electrons. The predicted octanol–water partition coefficient (Wildman–Crippen LogP) is 5.30. The van der Waals surface area contributed by atoms with Gasteiger partial charge < -0.3 is 27.9 Å². The van der Waals surface area contributed by atoms with Gasteiger partial charge in [0.25, 0.3) is 0 Å². The number of rotatable bonds is 0. The van der Waals surface area contributed by atoms with E-state index in [4.69, 9.17) is 10.6 Å². The van der Waals surface area contributed by atoms with Gasteiger partial charge >= 0.3 is 7.25 Å². The average Bonchev–Trinajstić information content (AvgIpc) is 2.36. The molecular formula is C16H30BF4N4Ni-3. The van der Waals surface area contributed by atoms with Gasteiger partial charge in [-0.15, -0.1) is 24.2 Å². The normalized spacial score (nSPS) is 21.8. The van der Waals surface area contributed by atoms with E-state index in [0.29, 0.717) is 0 Å². The summed E-state index contributed by atoms with van der Waals surface area (Å²) in [5, 5.41) is 9.51. The van der Waals surface area contributed by atoms with Crippen LogP contribution in [-0.4, -0.2) is 55.9 Å². The molecule has 0 saturated heterocycles. The largest absolute Gasteiger partial charge is 0.673 e. The van der Waals surface area contributed by atoms with Crippen molar-refractivity contribution in [3.8, 4) is 0 Å². The summed E-state index contributed by atoms with van der Waals surface area (Å²) < 4.78 is 39.0. The minimum absolute atomic E-state index is 0. The van der Waals surface area contributed by atoms with Gasteiger partial charge in [0, 0.05) is 41.0 Å². The van der Waals surface area contributed by atoms with Gasteiger partial charge in [-0.25, -0.2) is 0 Å². The van der Waals surface area contributed by atoms with E-state index in [1.54, 1.807) is 0 Å². The maximum Gasteiger partial charge on any atom is 0.673 e. The molecule has 26 heavy (non-hydrogen) atoms. The topological polar surface area (TPSA) is 52.9 Å². The fourth-order valence-corrected chi connectivity index (χ4v) is 2.66. The maximum absolute atomic E-state index is 9.75. The van der Waals surface area contributed by atoms with Crippen molar-refractivity contribution in [2.75, 3.05) is 26.2 Å². The summed E-state index contributed by atoms with van der Waals surface area (Å²) in [7, 11) is -6.00. The Labute approximate surface area is 165 Å². The van der Waals surface area contributed by atoms with E-state index in [9.17, 15) is 17.3 Å². The van der Waals surface area contributed by atoms with E-state index in [-0.39, 0.29) is 27.6 Å². The third-order valence-corrected chi connectivity index (χ3v) is 3.42. The van der Waals surface area contributed by atoms with Crippen molar-refractivity contribution in [2.45, 2.75) is 65.5 Å². The van der Waals surface area contributed by atoms with Crippen molar-refractivity contribution in [1.82, 2.24) is 0 Å². The Balaban J connectivity index is 0. The Morgan fingerprint density at radius 3 is 1.31 bits per heavy atom. The second-order valence-corrected chi connectivity index (χ2v) is 7.47. The molecule has 0 N–H and O–H groups in total. The molecule has 0 amide bonds. The van der Waals surface area contributed by atoms with E-state index >= 15 is 0 Å². The molecule has 0 atom stereocenters. The van der Waals surface area contributed by atoms with Crippen LogP contribution in [-0.2, 0) is 16.5 Å². The van der Waals surface area contributed by atoms with Gasteiger partial charge in [-0.05, 0) is 26.7 Å². The monoisotopic (exact) mass is 423 g/mol. The fraction of sp³-hybridized carbons (Fsp3) is 0.875. The molecule has 0 unspecified atom stereocenters. The van der Waals surface area contributed by atoms with Crippen molar-refractivity contribution in [1.29, 1.82) is 0 Å². The van der Waals surface area contributed by atoms with Crippen molar-refractivity contribution in [3.05, 3.63) is 10.6 Å². The first kappa shape index (κ1) is 27.8. The molecule has 0 bridgehead atoms. The standard InChI is InChI=1S/C16H30N4.BF4.Ni/c1-13-11-15(3,4)19-10-8-18-14(2)12-16(5,6)20-9-7-17-13;2-1(3,4)5;/h7-12H2,1-6H3;;/q-2;-1;.